The Labute approximate surface area is 101 Å². The van der Waals surface area contributed by atoms with Crippen LogP contribution >= 0.6 is 0 Å². The summed E-state index contributed by atoms with van der Waals surface area (Å²) in [5.74, 6) is 0. The van der Waals surface area contributed by atoms with Crippen molar-refractivity contribution in [1.82, 2.24) is 0 Å². The molecule has 0 aliphatic rings. The van der Waals surface area contributed by atoms with Crippen LogP contribution in [0.4, 0.5) is 13.2 Å². The van der Waals surface area contributed by atoms with E-state index in [9.17, 15) is 13.2 Å². The summed E-state index contributed by atoms with van der Waals surface area (Å²) in [4.78, 5) is 0. The lowest BCUT2D eigenvalue weighted by atomic mass is 9.98. The molecule has 1 rings (SSSR count). The van der Waals surface area contributed by atoms with Crippen LogP contribution in [-0.2, 0) is 12.6 Å². The Morgan fingerprint density at radius 2 is 1.76 bits per heavy atom. The summed E-state index contributed by atoms with van der Waals surface area (Å²) in [5.41, 5.74) is 0.628. The van der Waals surface area contributed by atoms with Gasteiger partial charge >= 0.3 is 6.18 Å². The van der Waals surface area contributed by atoms with E-state index in [0.717, 1.165) is 25.7 Å². The first-order valence-electron chi connectivity index (χ1n) is 6.12. The van der Waals surface area contributed by atoms with Gasteiger partial charge in [-0.2, -0.15) is 13.2 Å². The first-order chi connectivity index (χ1) is 7.95. The van der Waals surface area contributed by atoms with E-state index in [0.29, 0.717) is 17.5 Å². The van der Waals surface area contributed by atoms with Crippen LogP contribution in [0.25, 0.3) is 0 Å². The van der Waals surface area contributed by atoms with E-state index in [2.05, 4.69) is 6.92 Å². The largest absolute Gasteiger partial charge is 0.416 e. The molecule has 0 nitrogen and oxygen atoms in total. The molecule has 0 aromatic heterocycles. The molecule has 17 heavy (non-hydrogen) atoms. The van der Waals surface area contributed by atoms with Crippen molar-refractivity contribution >= 4 is 0 Å². The Morgan fingerprint density at radius 3 is 2.35 bits per heavy atom. The van der Waals surface area contributed by atoms with Gasteiger partial charge in [0.05, 0.1) is 5.56 Å². The Kier molecular flexibility index (Phi) is 5.03. The lowest BCUT2D eigenvalue weighted by Crippen LogP contribution is -2.09. The molecule has 0 fully saturated rings. The second-order valence-corrected chi connectivity index (χ2v) is 4.47. The van der Waals surface area contributed by atoms with Gasteiger partial charge < -0.3 is 0 Å². The van der Waals surface area contributed by atoms with Crippen molar-refractivity contribution in [3.8, 4) is 0 Å². The quantitative estimate of drug-likeness (QED) is 0.629. The normalized spacial score (nSPS) is 11.8. The number of rotatable bonds is 5. The van der Waals surface area contributed by atoms with Gasteiger partial charge in [-0.05, 0) is 31.4 Å². The van der Waals surface area contributed by atoms with Crippen molar-refractivity contribution in [2.75, 3.05) is 0 Å². The Bertz CT molecular complexity index is 353. The Hall–Kier alpha value is -0.990. The monoisotopic (exact) mass is 244 g/mol. The van der Waals surface area contributed by atoms with Crippen LogP contribution in [0, 0.1) is 6.92 Å². The van der Waals surface area contributed by atoms with Crippen LogP contribution in [0.1, 0.15) is 49.3 Å². The number of hydrogen-bond donors (Lipinski definition) is 0. The topological polar surface area (TPSA) is 0 Å². The number of aryl methyl sites for hydroxylation is 2. The van der Waals surface area contributed by atoms with Crippen molar-refractivity contribution in [3.05, 3.63) is 34.9 Å². The molecule has 0 spiro atoms. The average molecular weight is 244 g/mol. The minimum atomic E-state index is -4.23. The maximum Gasteiger partial charge on any atom is 0.416 e. The Balaban J connectivity index is 2.77. The van der Waals surface area contributed by atoms with Gasteiger partial charge in [-0.15, -0.1) is 0 Å². The smallest absolute Gasteiger partial charge is 0.166 e. The van der Waals surface area contributed by atoms with Gasteiger partial charge in [0.25, 0.3) is 0 Å². The summed E-state index contributed by atoms with van der Waals surface area (Å²) in [5, 5.41) is 0. The maximum atomic E-state index is 12.8. The van der Waals surface area contributed by atoms with Gasteiger partial charge in [0.2, 0.25) is 0 Å². The van der Waals surface area contributed by atoms with Gasteiger partial charge in [-0.25, -0.2) is 0 Å². The maximum absolute atomic E-state index is 12.8. The first-order valence-corrected chi connectivity index (χ1v) is 6.12. The summed E-state index contributed by atoms with van der Waals surface area (Å²) in [6, 6.07) is 4.61. The summed E-state index contributed by atoms with van der Waals surface area (Å²) < 4.78 is 38.4. The number of benzene rings is 1. The summed E-state index contributed by atoms with van der Waals surface area (Å²) in [6.45, 7) is 3.78. The van der Waals surface area contributed by atoms with Gasteiger partial charge in [-0.1, -0.05) is 43.9 Å². The zero-order valence-electron chi connectivity index (χ0n) is 10.4. The second-order valence-electron chi connectivity index (χ2n) is 4.47. The molecule has 0 amide bonds. The third kappa shape index (κ3) is 4.41. The molecule has 0 heterocycles. The first kappa shape index (κ1) is 14.1. The molecule has 0 aliphatic carbocycles. The fraction of sp³-hybridized carbons (Fsp3) is 0.571. The molecule has 1 aromatic rings. The van der Waals surface area contributed by atoms with E-state index in [1.54, 1.807) is 19.1 Å². The molecule has 96 valence electrons. The zero-order chi connectivity index (χ0) is 12.9. The summed E-state index contributed by atoms with van der Waals surface area (Å²) in [7, 11) is 0. The van der Waals surface area contributed by atoms with Crippen LogP contribution in [0.15, 0.2) is 18.2 Å². The number of unbranched alkanes of at least 4 members (excludes halogenated alkanes) is 3. The summed E-state index contributed by atoms with van der Waals surface area (Å²) in [6.07, 6.45) is 0.316. The average Bonchev–Trinajstić information content (AvgIpc) is 2.25. The van der Waals surface area contributed by atoms with Crippen molar-refractivity contribution < 1.29 is 13.2 Å². The lowest BCUT2D eigenvalue weighted by molar-refractivity contribution is -0.138. The van der Waals surface area contributed by atoms with Gasteiger partial charge in [0.1, 0.15) is 0 Å². The highest BCUT2D eigenvalue weighted by molar-refractivity contribution is 5.33. The van der Waals surface area contributed by atoms with Crippen LogP contribution in [-0.4, -0.2) is 0 Å². The van der Waals surface area contributed by atoms with Crippen LogP contribution < -0.4 is 0 Å². The highest BCUT2D eigenvalue weighted by Crippen LogP contribution is 2.33. The SMILES string of the molecule is CCCCCCc1ccc(C)cc1C(F)(F)F. The van der Waals surface area contributed by atoms with Crippen LogP contribution in [0.2, 0.25) is 0 Å². The van der Waals surface area contributed by atoms with Crippen molar-refractivity contribution in [1.29, 1.82) is 0 Å². The number of halogens is 3. The van der Waals surface area contributed by atoms with Crippen LogP contribution in [0.3, 0.4) is 0 Å². The van der Waals surface area contributed by atoms with Gasteiger partial charge in [-0.3, -0.25) is 0 Å². The molecule has 1 aromatic carbocycles. The van der Waals surface area contributed by atoms with E-state index < -0.39 is 11.7 Å². The van der Waals surface area contributed by atoms with Gasteiger partial charge in [0.15, 0.2) is 0 Å². The molecule has 0 aliphatic heterocycles. The molecule has 0 atom stereocenters. The summed E-state index contributed by atoms with van der Waals surface area (Å²) >= 11 is 0. The van der Waals surface area contributed by atoms with Crippen molar-refractivity contribution in [2.45, 2.75) is 52.1 Å². The predicted octanol–water partition coefficient (Wildman–Crippen LogP) is 5.14. The van der Waals surface area contributed by atoms with Crippen LogP contribution in [0.5, 0.6) is 0 Å². The standard InChI is InChI=1S/C14H19F3/c1-3-4-5-6-7-12-9-8-11(2)10-13(12)14(15,16)17/h8-10H,3-7H2,1-2H3. The number of alkyl halides is 3. The number of hydrogen-bond acceptors (Lipinski definition) is 0. The molecule has 0 bridgehead atoms. The third-order valence-electron chi connectivity index (χ3n) is 2.87. The molecule has 0 saturated carbocycles. The van der Waals surface area contributed by atoms with E-state index in [1.165, 1.54) is 6.07 Å². The van der Waals surface area contributed by atoms with E-state index >= 15 is 0 Å². The minimum absolute atomic E-state index is 0.430. The van der Waals surface area contributed by atoms with E-state index in [4.69, 9.17) is 0 Å². The van der Waals surface area contributed by atoms with E-state index in [1.807, 2.05) is 0 Å². The molecule has 0 saturated heterocycles. The fourth-order valence-corrected chi connectivity index (χ4v) is 1.91. The third-order valence-corrected chi connectivity index (χ3v) is 2.87. The minimum Gasteiger partial charge on any atom is -0.166 e. The molecular weight excluding hydrogens is 225 g/mol. The van der Waals surface area contributed by atoms with Gasteiger partial charge in [0, 0.05) is 0 Å². The van der Waals surface area contributed by atoms with Crippen molar-refractivity contribution in [3.63, 3.8) is 0 Å². The molecule has 0 N–H and O–H groups in total. The highest BCUT2D eigenvalue weighted by atomic mass is 19.4. The second kappa shape index (κ2) is 6.08. The van der Waals surface area contributed by atoms with Crippen molar-refractivity contribution in [2.24, 2.45) is 0 Å². The molecule has 0 unspecified atom stereocenters. The molecule has 0 radical (unpaired) electrons. The molecule has 3 heteroatoms. The fourth-order valence-electron chi connectivity index (χ4n) is 1.91. The van der Waals surface area contributed by atoms with E-state index in [-0.39, 0.29) is 0 Å². The zero-order valence-corrected chi connectivity index (χ0v) is 10.4. The lowest BCUT2D eigenvalue weighted by Gasteiger charge is -2.13. The Morgan fingerprint density at radius 1 is 1.06 bits per heavy atom. The molecular formula is C14H19F3. The highest BCUT2D eigenvalue weighted by Gasteiger charge is 2.32. The predicted molar refractivity (Wildman–Crippen MR) is 64.0 cm³/mol.